The van der Waals surface area contributed by atoms with Gasteiger partial charge in [0.15, 0.2) is 9.84 Å². The SMILES string of the molecule is CS(=O)(=O)Cn1cc(-c2cnc(OC3CCN(C(=O)Cc4ccc(OC(F)(F)F)cc4)CC3)c(C(N)=O)c2)cn1. The summed E-state index contributed by atoms with van der Waals surface area (Å²) in [6, 6.07) is 6.63. The molecule has 1 fully saturated rings. The standard InChI is InChI=1S/C25H26F3N5O6S/c1-40(36,37)15-33-14-18(13-31-33)17-11-21(23(29)35)24(30-12-17)38-19-6-8-32(9-7-19)22(34)10-16-2-4-20(5-3-16)39-25(26,27)28/h2-5,11-14,19H,6-10,15H2,1H3,(H2,29,35). The number of likely N-dealkylation sites (tertiary alicyclic amines) is 1. The Kier molecular flexibility index (Phi) is 8.32. The van der Waals surface area contributed by atoms with Crippen molar-refractivity contribution in [2.24, 2.45) is 5.73 Å². The summed E-state index contributed by atoms with van der Waals surface area (Å²) in [5.74, 6) is -1.55. The van der Waals surface area contributed by atoms with E-state index in [1.165, 1.54) is 41.5 Å². The van der Waals surface area contributed by atoms with E-state index in [2.05, 4.69) is 14.8 Å². The number of nitrogens with zero attached hydrogens (tertiary/aromatic N) is 4. The van der Waals surface area contributed by atoms with Crippen LogP contribution in [0.2, 0.25) is 0 Å². The van der Waals surface area contributed by atoms with Gasteiger partial charge in [-0.05, 0) is 23.8 Å². The first-order valence-electron chi connectivity index (χ1n) is 12.1. The van der Waals surface area contributed by atoms with Gasteiger partial charge in [-0.25, -0.2) is 13.4 Å². The summed E-state index contributed by atoms with van der Waals surface area (Å²) < 4.78 is 71.0. The molecule has 3 heterocycles. The Hall–Kier alpha value is -4.14. The van der Waals surface area contributed by atoms with Crippen molar-refractivity contribution in [3.63, 3.8) is 0 Å². The summed E-state index contributed by atoms with van der Waals surface area (Å²) in [5, 5.41) is 4.02. The van der Waals surface area contributed by atoms with Crippen LogP contribution < -0.4 is 15.2 Å². The van der Waals surface area contributed by atoms with Gasteiger partial charge in [0.1, 0.15) is 23.3 Å². The lowest BCUT2D eigenvalue weighted by Crippen LogP contribution is -2.42. The minimum atomic E-state index is -4.79. The van der Waals surface area contributed by atoms with Gasteiger partial charge < -0.3 is 20.1 Å². The second-order valence-electron chi connectivity index (χ2n) is 9.33. The topological polar surface area (TPSA) is 147 Å². The van der Waals surface area contributed by atoms with E-state index in [-0.39, 0.29) is 41.5 Å². The van der Waals surface area contributed by atoms with Crippen LogP contribution in [-0.4, -0.2) is 71.7 Å². The summed E-state index contributed by atoms with van der Waals surface area (Å²) in [5.41, 5.74) is 7.19. The Balaban J connectivity index is 1.34. The zero-order chi connectivity index (χ0) is 29.1. The summed E-state index contributed by atoms with van der Waals surface area (Å²) in [6.07, 6.45) is 1.34. The number of carbonyl (C=O) groups is 2. The number of sulfone groups is 1. The van der Waals surface area contributed by atoms with Crippen molar-refractivity contribution in [1.82, 2.24) is 19.7 Å². The van der Waals surface area contributed by atoms with Gasteiger partial charge in [0.25, 0.3) is 5.91 Å². The van der Waals surface area contributed by atoms with Crippen LogP contribution in [0.1, 0.15) is 28.8 Å². The molecule has 0 aliphatic carbocycles. The van der Waals surface area contributed by atoms with E-state index in [0.29, 0.717) is 42.6 Å². The molecule has 1 aromatic carbocycles. The maximum atomic E-state index is 12.7. The van der Waals surface area contributed by atoms with E-state index >= 15 is 0 Å². The first-order valence-corrected chi connectivity index (χ1v) is 14.1. The van der Waals surface area contributed by atoms with E-state index in [1.807, 2.05) is 0 Å². The van der Waals surface area contributed by atoms with Gasteiger partial charge in [-0.15, -0.1) is 13.2 Å². The summed E-state index contributed by atoms with van der Waals surface area (Å²) >= 11 is 0. The van der Waals surface area contributed by atoms with Crippen LogP contribution in [0.15, 0.2) is 48.9 Å². The fraction of sp³-hybridized carbons (Fsp3) is 0.360. The number of piperidine rings is 1. The van der Waals surface area contributed by atoms with Crippen molar-refractivity contribution in [2.45, 2.75) is 37.6 Å². The molecule has 2 N–H and O–H groups in total. The number of halogens is 3. The van der Waals surface area contributed by atoms with E-state index in [9.17, 15) is 31.2 Å². The molecular formula is C25H26F3N5O6S. The highest BCUT2D eigenvalue weighted by Crippen LogP contribution is 2.27. The average molecular weight is 582 g/mol. The van der Waals surface area contributed by atoms with Crippen LogP contribution in [0.3, 0.4) is 0 Å². The fourth-order valence-corrected chi connectivity index (χ4v) is 4.80. The predicted octanol–water partition coefficient (Wildman–Crippen LogP) is 2.56. The van der Waals surface area contributed by atoms with Gasteiger partial charge in [0.05, 0.1) is 12.6 Å². The van der Waals surface area contributed by atoms with Crippen LogP contribution in [-0.2, 0) is 26.9 Å². The Labute approximate surface area is 227 Å². The van der Waals surface area contributed by atoms with Crippen LogP contribution in [0.5, 0.6) is 11.6 Å². The Morgan fingerprint density at radius 2 is 1.77 bits per heavy atom. The molecule has 214 valence electrons. The van der Waals surface area contributed by atoms with Crippen molar-refractivity contribution in [3.8, 4) is 22.8 Å². The smallest absolute Gasteiger partial charge is 0.474 e. The summed E-state index contributed by atoms with van der Waals surface area (Å²) in [6.45, 7) is 0.755. The molecule has 15 heteroatoms. The largest absolute Gasteiger partial charge is 0.573 e. The molecule has 1 saturated heterocycles. The first-order chi connectivity index (χ1) is 18.8. The third kappa shape index (κ3) is 7.94. The van der Waals surface area contributed by atoms with Gasteiger partial charge in [0.2, 0.25) is 11.8 Å². The molecule has 0 radical (unpaired) electrons. The second kappa shape index (κ2) is 11.5. The average Bonchev–Trinajstić information content (AvgIpc) is 3.31. The Morgan fingerprint density at radius 3 is 2.38 bits per heavy atom. The molecule has 1 aliphatic heterocycles. The third-order valence-electron chi connectivity index (χ3n) is 6.04. The molecule has 0 spiro atoms. The van der Waals surface area contributed by atoms with Crippen LogP contribution in [0, 0.1) is 0 Å². The maximum absolute atomic E-state index is 12.7. The third-order valence-corrected chi connectivity index (χ3v) is 6.77. The molecule has 0 saturated carbocycles. The molecule has 2 amide bonds. The Morgan fingerprint density at radius 1 is 1.10 bits per heavy atom. The highest BCUT2D eigenvalue weighted by molar-refractivity contribution is 7.89. The van der Waals surface area contributed by atoms with Crippen molar-refractivity contribution < 1.29 is 40.7 Å². The minimum Gasteiger partial charge on any atom is -0.474 e. The number of amides is 2. The lowest BCUT2D eigenvalue weighted by atomic mass is 10.1. The molecule has 1 aliphatic rings. The second-order valence-corrected chi connectivity index (χ2v) is 11.4. The van der Waals surface area contributed by atoms with Gasteiger partial charge in [-0.1, -0.05) is 12.1 Å². The predicted molar refractivity (Wildman–Crippen MR) is 136 cm³/mol. The lowest BCUT2D eigenvalue weighted by molar-refractivity contribution is -0.274. The van der Waals surface area contributed by atoms with E-state index in [0.717, 1.165) is 18.4 Å². The number of benzene rings is 1. The maximum Gasteiger partial charge on any atom is 0.573 e. The first kappa shape index (κ1) is 28.9. The lowest BCUT2D eigenvalue weighted by Gasteiger charge is -2.32. The number of carbonyl (C=O) groups excluding carboxylic acids is 2. The number of nitrogens with two attached hydrogens (primary N) is 1. The number of ether oxygens (including phenoxy) is 2. The number of pyridine rings is 1. The van der Waals surface area contributed by atoms with Gasteiger partial charge in [-0.2, -0.15) is 5.10 Å². The van der Waals surface area contributed by atoms with E-state index in [4.69, 9.17) is 10.5 Å². The number of rotatable bonds is 9. The molecule has 0 atom stereocenters. The van der Waals surface area contributed by atoms with Gasteiger partial charge in [-0.3, -0.25) is 14.3 Å². The fourth-order valence-electron chi connectivity index (χ4n) is 4.18. The monoisotopic (exact) mass is 581 g/mol. The number of hydrogen-bond acceptors (Lipinski definition) is 8. The number of aromatic nitrogens is 3. The van der Waals surface area contributed by atoms with Crippen molar-refractivity contribution in [3.05, 3.63) is 60.0 Å². The molecular weight excluding hydrogens is 555 g/mol. The molecule has 3 aromatic rings. The van der Waals surface area contributed by atoms with Gasteiger partial charge in [0, 0.05) is 55.7 Å². The molecule has 4 rings (SSSR count). The number of hydrogen-bond donors (Lipinski definition) is 1. The van der Waals surface area contributed by atoms with Crippen LogP contribution in [0.4, 0.5) is 13.2 Å². The quantitative estimate of drug-likeness (QED) is 0.406. The summed E-state index contributed by atoms with van der Waals surface area (Å²) in [4.78, 5) is 30.7. The van der Waals surface area contributed by atoms with Crippen molar-refractivity contribution in [2.75, 3.05) is 19.3 Å². The highest BCUT2D eigenvalue weighted by Gasteiger charge is 2.31. The van der Waals surface area contributed by atoms with Crippen molar-refractivity contribution >= 4 is 21.7 Å². The van der Waals surface area contributed by atoms with Crippen LogP contribution in [0.25, 0.3) is 11.1 Å². The molecule has 40 heavy (non-hydrogen) atoms. The normalized spacial score (nSPS) is 14.7. The summed E-state index contributed by atoms with van der Waals surface area (Å²) in [7, 11) is -3.30. The Bertz CT molecular complexity index is 1480. The van der Waals surface area contributed by atoms with Crippen LogP contribution >= 0.6 is 0 Å². The molecule has 11 nitrogen and oxygen atoms in total. The number of alkyl halides is 3. The zero-order valence-electron chi connectivity index (χ0n) is 21.3. The van der Waals surface area contributed by atoms with Gasteiger partial charge >= 0.3 is 6.36 Å². The van der Waals surface area contributed by atoms with Crippen molar-refractivity contribution in [1.29, 1.82) is 0 Å². The molecule has 2 aromatic heterocycles. The van der Waals surface area contributed by atoms with E-state index in [1.54, 1.807) is 4.90 Å². The molecule has 0 unspecified atom stereocenters. The van der Waals surface area contributed by atoms with E-state index < -0.39 is 22.1 Å². The number of primary amides is 1. The highest BCUT2D eigenvalue weighted by atomic mass is 32.2. The minimum absolute atomic E-state index is 0.0213. The molecule has 0 bridgehead atoms. The zero-order valence-corrected chi connectivity index (χ0v) is 22.1.